The monoisotopic (exact) mass is 228 g/mol. The van der Waals surface area contributed by atoms with Crippen molar-refractivity contribution in [2.75, 3.05) is 25.9 Å². The first-order valence-electron chi connectivity index (χ1n) is 5.79. The average molecular weight is 228 g/mol. The first kappa shape index (κ1) is 11.3. The van der Waals surface area contributed by atoms with Crippen molar-refractivity contribution < 1.29 is 4.79 Å². The number of hydrogen-bond donors (Lipinski definition) is 2. The molecule has 1 aliphatic carbocycles. The smallest absolute Gasteiger partial charge is 0.224 e. The molecule has 1 saturated heterocycles. The molecule has 0 aromatic heterocycles. The van der Waals surface area contributed by atoms with E-state index in [-0.39, 0.29) is 11.8 Å². The SMILES string of the molecule is CSC1(CNC(=O)C2CCNC2)CCC1. The van der Waals surface area contributed by atoms with Gasteiger partial charge in [-0.2, -0.15) is 11.8 Å². The quantitative estimate of drug-likeness (QED) is 0.754. The van der Waals surface area contributed by atoms with Gasteiger partial charge in [-0.15, -0.1) is 0 Å². The maximum absolute atomic E-state index is 11.8. The molecule has 0 spiro atoms. The van der Waals surface area contributed by atoms with E-state index >= 15 is 0 Å². The molecular formula is C11H20N2OS. The lowest BCUT2D eigenvalue weighted by molar-refractivity contribution is -0.124. The molecule has 0 aromatic carbocycles. The van der Waals surface area contributed by atoms with Gasteiger partial charge >= 0.3 is 0 Å². The Hall–Kier alpha value is -0.220. The number of nitrogens with one attached hydrogen (secondary N) is 2. The maximum atomic E-state index is 11.8. The molecule has 0 aromatic rings. The Bertz CT molecular complexity index is 229. The second kappa shape index (κ2) is 4.74. The van der Waals surface area contributed by atoms with Gasteiger partial charge in [0, 0.05) is 17.8 Å². The van der Waals surface area contributed by atoms with E-state index in [1.807, 2.05) is 11.8 Å². The molecule has 4 heteroatoms. The molecule has 15 heavy (non-hydrogen) atoms. The molecule has 2 N–H and O–H groups in total. The maximum Gasteiger partial charge on any atom is 0.224 e. The molecular weight excluding hydrogens is 208 g/mol. The highest BCUT2D eigenvalue weighted by Gasteiger charge is 2.36. The van der Waals surface area contributed by atoms with Gasteiger partial charge in [-0.25, -0.2) is 0 Å². The first-order valence-corrected chi connectivity index (χ1v) is 7.02. The van der Waals surface area contributed by atoms with Crippen LogP contribution in [0.15, 0.2) is 0 Å². The van der Waals surface area contributed by atoms with Crippen LogP contribution in [0.2, 0.25) is 0 Å². The van der Waals surface area contributed by atoms with Crippen LogP contribution in [0.1, 0.15) is 25.7 Å². The van der Waals surface area contributed by atoms with Crippen molar-refractivity contribution in [3.05, 3.63) is 0 Å². The molecule has 3 nitrogen and oxygen atoms in total. The van der Waals surface area contributed by atoms with Crippen molar-refractivity contribution in [1.29, 1.82) is 0 Å². The third-order valence-electron chi connectivity index (χ3n) is 3.71. The number of rotatable bonds is 4. The number of carbonyl (C=O) groups is 1. The highest BCUT2D eigenvalue weighted by Crippen LogP contribution is 2.42. The summed E-state index contributed by atoms with van der Waals surface area (Å²) in [6.45, 7) is 2.72. The van der Waals surface area contributed by atoms with Gasteiger partial charge in [-0.05, 0) is 32.1 Å². The van der Waals surface area contributed by atoms with Gasteiger partial charge in [0.25, 0.3) is 0 Å². The van der Waals surface area contributed by atoms with Gasteiger partial charge in [0.1, 0.15) is 0 Å². The van der Waals surface area contributed by atoms with Gasteiger partial charge in [-0.1, -0.05) is 6.42 Å². The topological polar surface area (TPSA) is 41.1 Å². The van der Waals surface area contributed by atoms with E-state index in [9.17, 15) is 4.79 Å². The van der Waals surface area contributed by atoms with Crippen molar-refractivity contribution in [1.82, 2.24) is 10.6 Å². The third-order valence-corrected chi connectivity index (χ3v) is 5.13. The predicted octanol–water partition coefficient (Wildman–Crippen LogP) is 0.998. The van der Waals surface area contributed by atoms with Crippen LogP contribution in [-0.2, 0) is 4.79 Å². The molecule has 2 fully saturated rings. The molecule has 1 amide bonds. The van der Waals surface area contributed by atoms with E-state index in [1.165, 1.54) is 19.3 Å². The molecule has 0 bridgehead atoms. The summed E-state index contributed by atoms with van der Waals surface area (Å²) >= 11 is 1.91. The summed E-state index contributed by atoms with van der Waals surface area (Å²) in [4.78, 5) is 11.8. The van der Waals surface area contributed by atoms with E-state index in [2.05, 4.69) is 16.9 Å². The van der Waals surface area contributed by atoms with Crippen LogP contribution in [0.25, 0.3) is 0 Å². The summed E-state index contributed by atoms with van der Waals surface area (Å²) in [7, 11) is 0. The number of amides is 1. The Morgan fingerprint density at radius 1 is 1.60 bits per heavy atom. The average Bonchev–Trinajstić information content (AvgIpc) is 2.69. The molecule has 1 unspecified atom stereocenters. The van der Waals surface area contributed by atoms with Gasteiger partial charge in [0.05, 0.1) is 5.92 Å². The minimum Gasteiger partial charge on any atom is -0.354 e. The number of hydrogen-bond acceptors (Lipinski definition) is 3. The number of thioether (sulfide) groups is 1. The summed E-state index contributed by atoms with van der Waals surface area (Å²) in [5.74, 6) is 0.462. The highest BCUT2D eigenvalue weighted by molar-refractivity contribution is 8.00. The van der Waals surface area contributed by atoms with Crippen molar-refractivity contribution >= 4 is 17.7 Å². The molecule has 2 rings (SSSR count). The van der Waals surface area contributed by atoms with Gasteiger partial charge in [0.2, 0.25) is 5.91 Å². The highest BCUT2D eigenvalue weighted by atomic mass is 32.2. The van der Waals surface area contributed by atoms with E-state index in [0.29, 0.717) is 4.75 Å². The summed E-state index contributed by atoms with van der Waals surface area (Å²) in [6.07, 6.45) is 7.00. The normalized spacial score (nSPS) is 28.5. The van der Waals surface area contributed by atoms with Crippen LogP contribution in [0.3, 0.4) is 0 Å². The van der Waals surface area contributed by atoms with Crippen molar-refractivity contribution in [2.45, 2.75) is 30.4 Å². The lowest BCUT2D eigenvalue weighted by atomic mass is 9.84. The van der Waals surface area contributed by atoms with Crippen LogP contribution < -0.4 is 10.6 Å². The van der Waals surface area contributed by atoms with E-state index in [1.54, 1.807) is 0 Å². The van der Waals surface area contributed by atoms with Crippen molar-refractivity contribution in [3.63, 3.8) is 0 Å². The Balaban J connectivity index is 1.74. The molecule has 0 radical (unpaired) electrons. The fraction of sp³-hybridized carbons (Fsp3) is 0.909. The third kappa shape index (κ3) is 2.48. The standard InChI is InChI=1S/C11H20N2OS/c1-15-11(4-2-5-11)8-13-10(14)9-3-6-12-7-9/h9,12H,2-8H2,1H3,(H,13,14). The lowest BCUT2D eigenvalue weighted by Gasteiger charge is -2.40. The second-order valence-electron chi connectivity index (χ2n) is 4.65. The van der Waals surface area contributed by atoms with Crippen LogP contribution >= 0.6 is 11.8 Å². The molecule has 86 valence electrons. The second-order valence-corrected chi connectivity index (χ2v) is 5.92. The summed E-state index contributed by atoms with van der Waals surface area (Å²) < 4.78 is 0.363. The summed E-state index contributed by atoms with van der Waals surface area (Å²) in [6, 6.07) is 0. The zero-order valence-corrected chi connectivity index (χ0v) is 10.2. The van der Waals surface area contributed by atoms with Crippen LogP contribution in [0, 0.1) is 5.92 Å². The lowest BCUT2D eigenvalue weighted by Crippen LogP contribution is -2.46. The Kier molecular flexibility index (Phi) is 3.57. The predicted molar refractivity (Wildman–Crippen MR) is 64.1 cm³/mol. The Labute approximate surface area is 95.8 Å². The van der Waals surface area contributed by atoms with Gasteiger partial charge < -0.3 is 10.6 Å². The molecule has 1 heterocycles. The molecule has 1 atom stereocenters. The number of carbonyl (C=O) groups excluding carboxylic acids is 1. The van der Waals surface area contributed by atoms with Crippen LogP contribution in [0.4, 0.5) is 0 Å². The minimum absolute atomic E-state index is 0.212. The Morgan fingerprint density at radius 3 is 2.87 bits per heavy atom. The van der Waals surface area contributed by atoms with E-state index < -0.39 is 0 Å². The summed E-state index contributed by atoms with van der Waals surface area (Å²) in [5.41, 5.74) is 0. The Morgan fingerprint density at radius 2 is 2.40 bits per heavy atom. The van der Waals surface area contributed by atoms with Gasteiger partial charge in [0.15, 0.2) is 0 Å². The van der Waals surface area contributed by atoms with Crippen molar-refractivity contribution in [2.24, 2.45) is 5.92 Å². The molecule has 1 saturated carbocycles. The fourth-order valence-corrected chi connectivity index (χ4v) is 3.21. The zero-order valence-electron chi connectivity index (χ0n) is 9.34. The molecule has 1 aliphatic heterocycles. The fourth-order valence-electron chi connectivity index (χ4n) is 2.30. The minimum atomic E-state index is 0.212. The zero-order chi connectivity index (χ0) is 10.7. The van der Waals surface area contributed by atoms with Crippen LogP contribution in [0.5, 0.6) is 0 Å². The summed E-state index contributed by atoms with van der Waals surface area (Å²) in [5, 5.41) is 6.34. The van der Waals surface area contributed by atoms with Crippen molar-refractivity contribution in [3.8, 4) is 0 Å². The van der Waals surface area contributed by atoms with Gasteiger partial charge in [-0.3, -0.25) is 4.79 Å². The largest absolute Gasteiger partial charge is 0.354 e. The molecule has 2 aliphatic rings. The van der Waals surface area contributed by atoms with Crippen LogP contribution in [-0.4, -0.2) is 36.5 Å². The van der Waals surface area contributed by atoms with E-state index in [4.69, 9.17) is 0 Å². The first-order chi connectivity index (χ1) is 7.26. The van der Waals surface area contributed by atoms with E-state index in [0.717, 1.165) is 26.1 Å².